The minimum atomic E-state index is -5.14. The van der Waals surface area contributed by atoms with Gasteiger partial charge in [0.25, 0.3) is 10.0 Å². The van der Waals surface area contributed by atoms with Gasteiger partial charge in [0.15, 0.2) is 11.6 Å². The van der Waals surface area contributed by atoms with E-state index in [9.17, 15) is 21.6 Å². The average molecular weight is 663 g/mol. The first-order chi connectivity index (χ1) is 21.7. The predicted molar refractivity (Wildman–Crippen MR) is 163 cm³/mol. The van der Waals surface area contributed by atoms with Gasteiger partial charge in [0.05, 0.1) is 18.5 Å². The van der Waals surface area contributed by atoms with E-state index < -0.39 is 50.7 Å². The Balaban J connectivity index is 1.61. The minimum Gasteiger partial charge on any atom is -0.490 e. The average Bonchev–Trinajstić information content (AvgIpc) is 3.44. The number of benzene rings is 2. The van der Waals surface area contributed by atoms with Crippen molar-refractivity contribution >= 4 is 16.0 Å². The largest absolute Gasteiger partial charge is 0.490 e. The molecule has 0 aliphatic carbocycles. The number of rotatable bonds is 10. The van der Waals surface area contributed by atoms with Crippen molar-refractivity contribution in [2.45, 2.75) is 43.7 Å². The number of likely N-dealkylation sites (tertiary alicyclic amines) is 1. The summed E-state index contributed by atoms with van der Waals surface area (Å²) in [5.41, 5.74) is -1.99. The van der Waals surface area contributed by atoms with E-state index in [-0.39, 0.29) is 28.9 Å². The van der Waals surface area contributed by atoms with E-state index in [1.165, 1.54) is 42.2 Å². The first kappa shape index (κ1) is 33.1. The molecule has 0 bridgehead atoms. The number of aryl methyl sites for hydroxylation is 1. The molecule has 1 fully saturated rings. The maximum Gasteiger partial charge on any atom is 0.423 e. The van der Waals surface area contributed by atoms with Gasteiger partial charge in [-0.05, 0) is 74.6 Å². The van der Waals surface area contributed by atoms with Crippen LogP contribution in [0.15, 0.2) is 59.8 Å². The third kappa shape index (κ3) is 7.58. The lowest BCUT2D eigenvalue weighted by Crippen LogP contribution is -2.29. The van der Waals surface area contributed by atoms with Crippen molar-refractivity contribution in [1.29, 1.82) is 0 Å². The zero-order valence-electron chi connectivity index (χ0n) is 25.7. The van der Waals surface area contributed by atoms with Crippen LogP contribution in [-0.2, 0) is 23.2 Å². The summed E-state index contributed by atoms with van der Waals surface area (Å²) in [6.45, 7) is 5.63. The highest BCUT2D eigenvalue weighted by Crippen LogP contribution is 2.45. The van der Waals surface area contributed by atoms with Crippen LogP contribution in [0.25, 0.3) is 11.3 Å². The van der Waals surface area contributed by atoms with Crippen LogP contribution in [0.3, 0.4) is 0 Å². The smallest absolute Gasteiger partial charge is 0.423 e. The van der Waals surface area contributed by atoms with Crippen LogP contribution >= 0.6 is 0 Å². The van der Waals surface area contributed by atoms with E-state index in [0.717, 1.165) is 43.8 Å². The second-order valence-electron chi connectivity index (χ2n) is 11.6. The minimum absolute atomic E-state index is 0.00664. The summed E-state index contributed by atoms with van der Waals surface area (Å²) in [5, 5.41) is 3.82. The van der Waals surface area contributed by atoms with Crippen LogP contribution in [0.4, 0.5) is 23.5 Å². The number of nitrogens with one attached hydrogen (secondary N) is 1. The van der Waals surface area contributed by atoms with Gasteiger partial charge in [-0.25, -0.2) is 22.5 Å². The number of halogens is 4. The molecule has 1 N–H and O–H groups in total. The zero-order chi connectivity index (χ0) is 33.2. The highest BCUT2D eigenvalue weighted by molar-refractivity contribution is 7.92. The Morgan fingerprint density at radius 1 is 1.04 bits per heavy atom. The quantitative estimate of drug-likeness (QED) is 0.192. The number of sulfonamides is 1. The summed E-state index contributed by atoms with van der Waals surface area (Å²) in [4.78, 5) is 9.66. The van der Waals surface area contributed by atoms with Gasteiger partial charge in [0.2, 0.25) is 11.8 Å². The normalized spacial score (nSPS) is 14.9. The molecular formula is C31H34F4N6O4S. The molecule has 0 spiro atoms. The highest BCUT2D eigenvalue weighted by atomic mass is 32.2. The molecule has 0 saturated carbocycles. The third-order valence-corrected chi connectivity index (χ3v) is 8.73. The molecule has 1 saturated heterocycles. The molecule has 15 heteroatoms. The lowest BCUT2D eigenvalue weighted by molar-refractivity contribution is -0.138. The molecule has 3 heterocycles. The topological polar surface area (TPSA) is 111 Å². The molecule has 1 aliphatic heterocycles. The van der Waals surface area contributed by atoms with Gasteiger partial charge in [0.1, 0.15) is 16.2 Å². The number of hydrogen-bond donors (Lipinski definition) is 1. The van der Waals surface area contributed by atoms with Gasteiger partial charge in [-0.3, -0.25) is 4.68 Å². The molecule has 0 unspecified atom stereocenters. The number of alkyl halides is 3. The lowest BCUT2D eigenvalue weighted by atomic mass is 9.90. The molecule has 5 rings (SSSR count). The Kier molecular flexibility index (Phi) is 9.54. The summed E-state index contributed by atoms with van der Waals surface area (Å²) in [6.07, 6.45) is -1.02. The van der Waals surface area contributed by atoms with Crippen LogP contribution in [0, 0.1) is 11.7 Å². The van der Waals surface area contributed by atoms with Crippen molar-refractivity contribution in [3.05, 3.63) is 71.8 Å². The van der Waals surface area contributed by atoms with E-state index in [2.05, 4.69) is 24.7 Å². The van der Waals surface area contributed by atoms with Crippen LogP contribution in [0.1, 0.15) is 43.7 Å². The molecule has 2 aromatic heterocycles. The Morgan fingerprint density at radius 3 is 2.35 bits per heavy atom. The highest BCUT2D eigenvalue weighted by Gasteiger charge is 2.41. The van der Waals surface area contributed by atoms with Crippen molar-refractivity contribution in [2.75, 3.05) is 31.5 Å². The molecule has 0 atom stereocenters. The van der Waals surface area contributed by atoms with E-state index in [0.29, 0.717) is 5.92 Å². The fraction of sp³-hybridized carbons (Fsp3) is 0.387. The van der Waals surface area contributed by atoms with Gasteiger partial charge in [0, 0.05) is 18.8 Å². The molecule has 4 aromatic rings. The molecular weight excluding hydrogens is 628 g/mol. The van der Waals surface area contributed by atoms with E-state index in [1.54, 1.807) is 12.1 Å². The number of hydrogen-bond acceptors (Lipinski definition) is 8. The molecule has 0 radical (unpaired) electrons. The maximum absolute atomic E-state index is 15.8. The van der Waals surface area contributed by atoms with Crippen molar-refractivity contribution in [1.82, 2.24) is 24.6 Å². The van der Waals surface area contributed by atoms with Crippen molar-refractivity contribution in [3.63, 3.8) is 0 Å². The molecule has 246 valence electrons. The number of anilines is 1. The van der Waals surface area contributed by atoms with E-state index in [4.69, 9.17) is 9.47 Å². The Morgan fingerprint density at radius 2 is 1.74 bits per heavy atom. The standard InChI is InChI=1S/C31H34F4N6O4S/c1-19(2)18-44-25-7-5-6-24(27(25)32)28-26(31(33,34)35)29(38-30(37-28)39-46(42,43)23-16-36-41(4)17-23)45-22-10-8-20(9-11-22)21-12-14-40(3)15-13-21/h5-11,16-17,19,21H,12-15,18H2,1-4H3,(H,37,38,39). The number of nitrogens with zero attached hydrogens (tertiary/aromatic N) is 5. The Bertz CT molecular complexity index is 1790. The summed E-state index contributed by atoms with van der Waals surface area (Å²) < 4.78 is 101. The van der Waals surface area contributed by atoms with Gasteiger partial charge in [-0.2, -0.15) is 23.3 Å². The van der Waals surface area contributed by atoms with E-state index >= 15 is 4.39 Å². The van der Waals surface area contributed by atoms with Crippen molar-refractivity contribution < 1.29 is 35.5 Å². The fourth-order valence-electron chi connectivity index (χ4n) is 5.05. The molecule has 1 aliphatic rings. The first-order valence-electron chi connectivity index (χ1n) is 14.6. The van der Waals surface area contributed by atoms with Crippen LogP contribution in [0.2, 0.25) is 0 Å². The van der Waals surface area contributed by atoms with Crippen molar-refractivity contribution in [3.8, 4) is 28.6 Å². The maximum atomic E-state index is 15.8. The van der Waals surface area contributed by atoms with Gasteiger partial charge >= 0.3 is 6.18 Å². The molecule has 0 amide bonds. The monoisotopic (exact) mass is 662 g/mol. The van der Waals surface area contributed by atoms with Gasteiger partial charge in [-0.15, -0.1) is 0 Å². The lowest BCUT2D eigenvalue weighted by Gasteiger charge is -2.29. The second-order valence-corrected chi connectivity index (χ2v) is 13.3. The number of aromatic nitrogens is 4. The number of piperidine rings is 1. The Hall–Kier alpha value is -4.24. The van der Waals surface area contributed by atoms with Crippen molar-refractivity contribution in [2.24, 2.45) is 13.0 Å². The molecule has 2 aromatic carbocycles. The van der Waals surface area contributed by atoms with E-state index in [1.807, 2.05) is 20.9 Å². The first-order valence-corrected chi connectivity index (χ1v) is 16.1. The summed E-state index contributed by atoms with van der Waals surface area (Å²) in [5.74, 6) is -2.86. The van der Waals surface area contributed by atoms with Gasteiger partial charge < -0.3 is 14.4 Å². The van der Waals surface area contributed by atoms with Crippen LogP contribution in [0.5, 0.6) is 17.4 Å². The SMILES string of the molecule is CC(C)COc1cccc(-c2nc(NS(=O)(=O)c3cnn(C)c3)nc(Oc3ccc(C4CCN(C)CC4)cc3)c2C(F)(F)F)c1F. The second kappa shape index (κ2) is 13.2. The summed E-state index contributed by atoms with van der Waals surface area (Å²) >= 11 is 0. The fourth-order valence-corrected chi connectivity index (χ4v) is 5.98. The number of ether oxygens (including phenoxy) is 2. The summed E-state index contributed by atoms with van der Waals surface area (Å²) in [7, 11) is -0.863. The van der Waals surface area contributed by atoms with Crippen LogP contribution in [-0.4, -0.2) is 59.8 Å². The third-order valence-electron chi connectivity index (χ3n) is 7.45. The summed E-state index contributed by atoms with van der Waals surface area (Å²) in [6, 6.07) is 10.3. The Labute approximate surface area is 264 Å². The zero-order valence-corrected chi connectivity index (χ0v) is 26.5. The molecule has 10 nitrogen and oxygen atoms in total. The molecule has 46 heavy (non-hydrogen) atoms. The van der Waals surface area contributed by atoms with Gasteiger partial charge in [-0.1, -0.05) is 32.0 Å². The van der Waals surface area contributed by atoms with Crippen LogP contribution < -0.4 is 14.2 Å². The predicted octanol–water partition coefficient (Wildman–Crippen LogP) is 6.47.